The van der Waals surface area contributed by atoms with E-state index in [-0.39, 0.29) is 11.5 Å². The van der Waals surface area contributed by atoms with Crippen LogP contribution in [0, 0.1) is 13.8 Å². The van der Waals surface area contributed by atoms with Crippen LogP contribution in [0.5, 0.6) is 5.75 Å². The van der Waals surface area contributed by atoms with Crippen molar-refractivity contribution in [3.63, 3.8) is 0 Å². The smallest absolute Gasteiger partial charge is 0.343 e. The minimum absolute atomic E-state index is 0.0725. The summed E-state index contributed by atoms with van der Waals surface area (Å²) in [6.07, 6.45) is 1.38. The molecule has 0 aliphatic carbocycles. The number of nitrogens with one attached hydrogen (secondary N) is 1. The standard InChI is InChI=1S/C26H27N3O6S/c1-19-12-13-22(14-20(19)2)29(36(32,33)24-10-5-4-6-11-24)17-25(30)28-27-16-21-8-7-9-23(15-21)35-18-26(31)34-3/h4-16H,17-18H2,1-3H3,(H,28,30)/b27-16-. The molecule has 0 saturated heterocycles. The number of hydrazone groups is 1. The van der Waals surface area contributed by atoms with Crippen molar-refractivity contribution < 1.29 is 27.5 Å². The van der Waals surface area contributed by atoms with Crippen LogP contribution in [0.1, 0.15) is 16.7 Å². The van der Waals surface area contributed by atoms with Crippen molar-refractivity contribution in [2.75, 3.05) is 24.6 Å². The van der Waals surface area contributed by atoms with Gasteiger partial charge in [-0.3, -0.25) is 9.10 Å². The maximum atomic E-state index is 13.4. The molecule has 0 unspecified atom stereocenters. The Hall–Kier alpha value is -4.18. The second-order valence-electron chi connectivity index (χ2n) is 7.82. The van der Waals surface area contributed by atoms with Gasteiger partial charge in [0.1, 0.15) is 12.3 Å². The number of carbonyl (C=O) groups is 2. The molecule has 0 atom stereocenters. The summed E-state index contributed by atoms with van der Waals surface area (Å²) in [6.45, 7) is 3.09. The molecule has 0 radical (unpaired) electrons. The molecule has 0 bridgehead atoms. The average molecular weight is 510 g/mol. The highest BCUT2D eigenvalue weighted by atomic mass is 32.2. The van der Waals surface area contributed by atoms with E-state index < -0.39 is 28.4 Å². The van der Waals surface area contributed by atoms with Crippen LogP contribution >= 0.6 is 0 Å². The van der Waals surface area contributed by atoms with Crippen LogP contribution in [0.25, 0.3) is 0 Å². The van der Waals surface area contributed by atoms with E-state index in [4.69, 9.17) is 4.74 Å². The van der Waals surface area contributed by atoms with Gasteiger partial charge in [0.25, 0.3) is 15.9 Å². The minimum Gasteiger partial charge on any atom is -0.482 e. The zero-order valence-corrected chi connectivity index (χ0v) is 21.0. The number of esters is 1. The number of nitrogens with zero attached hydrogens (tertiary/aromatic N) is 2. The number of benzene rings is 3. The van der Waals surface area contributed by atoms with Crippen LogP contribution in [0.4, 0.5) is 5.69 Å². The van der Waals surface area contributed by atoms with Crippen LogP contribution in [0.3, 0.4) is 0 Å². The normalized spacial score (nSPS) is 11.2. The number of anilines is 1. The number of hydrogen-bond donors (Lipinski definition) is 1. The van der Waals surface area contributed by atoms with E-state index in [9.17, 15) is 18.0 Å². The molecule has 0 aromatic heterocycles. The summed E-state index contributed by atoms with van der Waals surface area (Å²) in [5.41, 5.74) is 5.24. The maximum absolute atomic E-state index is 13.4. The van der Waals surface area contributed by atoms with Gasteiger partial charge in [-0.1, -0.05) is 36.4 Å². The largest absolute Gasteiger partial charge is 0.482 e. The molecule has 36 heavy (non-hydrogen) atoms. The molecule has 3 aromatic carbocycles. The average Bonchev–Trinajstić information content (AvgIpc) is 2.88. The van der Waals surface area contributed by atoms with E-state index in [0.717, 1.165) is 15.4 Å². The fraction of sp³-hybridized carbons (Fsp3) is 0.192. The topological polar surface area (TPSA) is 114 Å². The Morgan fingerprint density at radius 2 is 1.72 bits per heavy atom. The van der Waals surface area contributed by atoms with Crippen molar-refractivity contribution in [2.45, 2.75) is 18.7 Å². The van der Waals surface area contributed by atoms with Crippen molar-refractivity contribution in [3.8, 4) is 5.75 Å². The number of methoxy groups -OCH3 is 1. The molecule has 10 heteroatoms. The predicted octanol–water partition coefficient (Wildman–Crippen LogP) is 3.20. The van der Waals surface area contributed by atoms with E-state index in [0.29, 0.717) is 17.0 Å². The Kier molecular flexibility index (Phi) is 8.80. The lowest BCUT2D eigenvalue weighted by Gasteiger charge is -2.24. The van der Waals surface area contributed by atoms with Crippen LogP contribution < -0.4 is 14.5 Å². The number of carbonyl (C=O) groups excluding carboxylic acids is 2. The molecule has 0 aliphatic rings. The summed E-state index contributed by atoms with van der Waals surface area (Å²) in [5, 5.41) is 3.93. The number of ether oxygens (including phenoxy) is 2. The molecule has 3 rings (SSSR count). The van der Waals surface area contributed by atoms with Crippen LogP contribution in [0.2, 0.25) is 0 Å². The summed E-state index contributed by atoms with van der Waals surface area (Å²) in [5.74, 6) is -0.715. The first-order valence-electron chi connectivity index (χ1n) is 11.0. The van der Waals surface area contributed by atoms with Crippen molar-refractivity contribution in [3.05, 3.63) is 89.5 Å². The van der Waals surface area contributed by atoms with E-state index in [1.807, 2.05) is 19.9 Å². The highest BCUT2D eigenvalue weighted by Crippen LogP contribution is 2.25. The molecule has 1 N–H and O–H groups in total. The Labute approximate surface area is 210 Å². The van der Waals surface area contributed by atoms with Gasteiger partial charge in [-0.05, 0) is 66.9 Å². The first-order valence-corrected chi connectivity index (χ1v) is 12.4. The van der Waals surface area contributed by atoms with Crippen molar-refractivity contribution in [1.29, 1.82) is 0 Å². The second kappa shape index (κ2) is 12.0. The number of rotatable bonds is 10. The zero-order valence-electron chi connectivity index (χ0n) is 20.2. The van der Waals surface area contributed by atoms with Gasteiger partial charge in [-0.25, -0.2) is 18.6 Å². The third-order valence-corrected chi connectivity index (χ3v) is 7.03. The second-order valence-corrected chi connectivity index (χ2v) is 9.69. The van der Waals surface area contributed by atoms with Crippen LogP contribution in [-0.2, 0) is 24.3 Å². The molecule has 0 spiro atoms. The number of hydrogen-bond acceptors (Lipinski definition) is 7. The molecule has 0 fully saturated rings. The van der Waals surface area contributed by atoms with Gasteiger partial charge in [0.2, 0.25) is 0 Å². The number of amides is 1. The highest BCUT2D eigenvalue weighted by molar-refractivity contribution is 7.92. The summed E-state index contributed by atoms with van der Waals surface area (Å²) in [6, 6.07) is 19.8. The van der Waals surface area contributed by atoms with Crippen molar-refractivity contribution in [1.82, 2.24) is 5.43 Å². The molecular formula is C26H27N3O6S. The summed E-state index contributed by atoms with van der Waals surface area (Å²) >= 11 is 0. The van der Waals surface area contributed by atoms with Gasteiger partial charge in [-0.15, -0.1) is 0 Å². The predicted molar refractivity (Wildman–Crippen MR) is 137 cm³/mol. The lowest BCUT2D eigenvalue weighted by molar-refractivity contribution is -0.142. The SMILES string of the molecule is COC(=O)COc1cccc(/C=N\NC(=O)CN(c2ccc(C)c(C)c2)S(=O)(=O)c2ccccc2)c1. The maximum Gasteiger partial charge on any atom is 0.343 e. The Morgan fingerprint density at radius 1 is 0.972 bits per heavy atom. The molecular weight excluding hydrogens is 482 g/mol. The number of sulfonamides is 1. The van der Waals surface area contributed by atoms with E-state index in [1.165, 1.54) is 25.5 Å². The van der Waals surface area contributed by atoms with Crippen LogP contribution in [-0.4, -0.2) is 46.8 Å². The van der Waals surface area contributed by atoms with Crippen molar-refractivity contribution >= 4 is 33.8 Å². The zero-order chi connectivity index (χ0) is 26.1. The molecule has 0 heterocycles. The van der Waals surface area contributed by atoms with Gasteiger partial charge in [-0.2, -0.15) is 5.10 Å². The molecule has 9 nitrogen and oxygen atoms in total. The molecule has 3 aromatic rings. The van der Waals surface area contributed by atoms with Crippen molar-refractivity contribution in [2.24, 2.45) is 5.10 Å². The fourth-order valence-electron chi connectivity index (χ4n) is 3.15. The molecule has 1 amide bonds. The van der Waals surface area contributed by atoms with Gasteiger partial charge in [0.05, 0.1) is 23.9 Å². The summed E-state index contributed by atoms with van der Waals surface area (Å²) < 4.78 is 37.7. The fourth-order valence-corrected chi connectivity index (χ4v) is 4.58. The lowest BCUT2D eigenvalue weighted by Crippen LogP contribution is -2.39. The molecule has 0 aliphatic heterocycles. The van der Waals surface area contributed by atoms with E-state index in [2.05, 4.69) is 15.3 Å². The Morgan fingerprint density at radius 3 is 2.42 bits per heavy atom. The quantitative estimate of drug-likeness (QED) is 0.255. The number of aryl methyl sites for hydroxylation is 2. The Bertz CT molecular complexity index is 1360. The Balaban J connectivity index is 1.76. The third kappa shape index (κ3) is 6.92. The lowest BCUT2D eigenvalue weighted by atomic mass is 10.1. The summed E-state index contributed by atoms with van der Waals surface area (Å²) in [7, 11) is -2.74. The van der Waals surface area contributed by atoms with Gasteiger partial charge in [0, 0.05) is 0 Å². The van der Waals surface area contributed by atoms with E-state index in [1.54, 1.807) is 54.6 Å². The first-order chi connectivity index (χ1) is 17.2. The monoisotopic (exact) mass is 509 g/mol. The van der Waals surface area contributed by atoms with Gasteiger partial charge in [0.15, 0.2) is 6.61 Å². The first kappa shape index (κ1) is 26.4. The molecule has 188 valence electrons. The van der Waals surface area contributed by atoms with E-state index >= 15 is 0 Å². The van der Waals surface area contributed by atoms with Gasteiger partial charge < -0.3 is 9.47 Å². The highest BCUT2D eigenvalue weighted by Gasteiger charge is 2.27. The minimum atomic E-state index is -4.01. The third-order valence-electron chi connectivity index (χ3n) is 5.24. The summed E-state index contributed by atoms with van der Waals surface area (Å²) in [4.78, 5) is 24.0. The van der Waals surface area contributed by atoms with Gasteiger partial charge >= 0.3 is 5.97 Å². The molecule has 0 saturated carbocycles. The van der Waals surface area contributed by atoms with Crippen LogP contribution in [0.15, 0.2) is 82.8 Å².